The molecule has 0 radical (unpaired) electrons. The Morgan fingerprint density at radius 1 is 1.33 bits per heavy atom. The molecule has 21 heavy (non-hydrogen) atoms. The van der Waals surface area contributed by atoms with Crippen LogP contribution >= 0.6 is 0 Å². The summed E-state index contributed by atoms with van der Waals surface area (Å²) in [5.74, 6) is 0.505. The number of hydrogen-bond acceptors (Lipinski definition) is 4. The number of carbonyl (C=O) groups is 1. The van der Waals surface area contributed by atoms with Crippen molar-refractivity contribution in [2.24, 2.45) is 5.92 Å². The number of methoxy groups -OCH3 is 1. The summed E-state index contributed by atoms with van der Waals surface area (Å²) in [6.45, 7) is 7.08. The number of hydrogen-bond donors (Lipinski definition) is 0. The van der Waals surface area contributed by atoms with Gasteiger partial charge in [-0.3, -0.25) is 4.79 Å². The van der Waals surface area contributed by atoms with Gasteiger partial charge in [0.15, 0.2) is 0 Å². The van der Waals surface area contributed by atoms with Crippen LogP contribution < -0.4 is 4.74 Å². The van der Waals surface area contributed by atoms with Crippen LogP contribution in [0.3, 0.4) is 0 Å². The molecule has 0 saturated heterocycles. The summed E-state index contributed by atoms with van der Waals surface area (Å²) in [4.78, 5) is 11.3. The molecule has 0 unspecified atom stereocenters. The third-order valence-corrected chi connectivity index (χ3v) is 2.88. The van der Waals surface area contributed by atoms with E-state index in [-0.39, 0.29) is 18.5 Å². The topological polar surface area (TPSA) is 44.8 Å². The zero-order valence-electron chi connectivity index (χ0n) is 13.2. The molecule has 1 rings (SSSR count). The second kappa shape index (κ2) is 9.19. The summed E-state index contributed by atoms with van der Waals surface area (Å²) in [7, 11) is 1.64. The minimum absolute atomic E-state index is 0.101. The van der Waals surface area contributed by atoms with Crippen molar-refractivity contribution in [3.05, 3.63) is 35.4 Å². The van der Waals surface area contributed by atoms with Gasteiger partial charge in [-0.1, -0.05) is 32.1 Å². The summed E-state index contributed by atoms with van der Waals surface area (Å²) in [6.07, 6.45) is 3.72. The minimum atomic E-state index is -0.190. The van der Waals surface area contributed by atoms with E-state index in [1.165, 1.54) is 0 Å². The molecule has 0 saturated carbocycles. The Kier molecular flexibility index (Phi) is 7.54. The lowest BCUT2D eigenvalue weighted by molar-refractivity contribution is -0.145. The van der Waals surface area contributed by atoms with E-state index in [0.717, 1.165) is 16.9 Å². The van der Waals surface area contributed by atoms with E-state index >= 15 is 0 Å². The van der Waals surface area contributed by atoms with E-state index < -0.39 is 0 Å². The van der Waals surface area contributed by atoms with Crippen LogP contribution in [0, 0.1) is 5.92 Å². The van der Waals surface area contributed by atoms with Crippen molar-refractivity contribution in [2.45, 2.75) is 27.4 Å². The van der Waals surface area contributed by atoms with E-state index in [2.05, 4.69) is 0 Å². The molecule has 0 aliphatic carbocycles. The normalized spacial score (nSPS) is 11.1. The molecular weight excluding hydrogens is 268 g/mol. The maximum atomic E-state index is 11.3. The van der Waals surface area contributed by atoms with Crippen molar-refractivity contribution in [1.29, 1.82) is 0 Å². The van der Waals surface area contributed by atoms with Crippen LogP contribution in [0.5, 0.6) is 5.75 Å². The highest BCUT2D eigenvalue weighted by molar-refractivity contribution is 5.71. The number of esters is 1. The molecule has 0 heterocycles. The molecule has 1 aromatic rings. The molecule has 0 N–H and O–H groups in total. The first-order valence-corrected chi connectivity index (χ1v) is 7.16. The summed E-state index contributed by atoms with van der Waals surface area (Å²) >= 11 is 0. The lowest BCUT2D eigenvalue weighted by Crippen LogP contribution is -2.11. The molecule has 0 aliphatic rings. The molecule has 4 nitrogen and oxygen atoms in total. The van der Waals surface area contributed by atoms with Crippen LogP contribution in [0.15, 0.2) is 24.3 Å². The molecule has 1 aromatic carbocycles. The predicted molar refractivity (Wildman–Crippen MR) is 83.2 cm³/mol. The van der Waals surface area contributed by atoms with Crippen molar-refractivity contribution >= 4 is 12.0 Å². The Hall–Kier alpha value is -1.81. The Balaban J connectivity index is 2.61. The molecule has 0 aromatic heterocycles. The van der Waals surface area contributed by atoms with Gasteiger partial charge in [0.1, 0.15) is 12.4 Å². The van der Waals surface area contributed by atoms with Crippen LogP contribution in [0.25, 0.3) is 6.08 Å². The summed E-state index contributed by atoms with van der Waals surface area (Å²) < 4.78 is 15.8. The zero-order valence-corrected chi connectivity index (χ0v) is 13.2. The van der Waals surface area contributed by atoms with Gasteiger partial charge in [0.25, 0.3) is 0 Å². The summed E-state index contributed by atoms with van der Waals surface area (Å²) in [5, 5.41) is 0. The third-order valence-electron chi connectivity index (χ3n) is 2.88. The maximum absolute atomic E-state index is 11.3. The Morgan fingerprint density at radius 2 is 2.10 bits per heavy atom. The van der Waals surface area contributed by atoms with Gasteiger partial charge < -0.3 is 14.2 Å². The highest BCUT2D eigenvalue weighted by Gasteiger charge is 2.06. The second-order valence-corrected chi connectivity index (χ2v) is 4.90. The third kappa shape index (κ3) is 6.00. The van der Waals surface area contributed by atoms with E-state index in [1.54, 1.807) is 7.11 Å². The Bertz CT molecular complexity index is 478. The number of ether oxygens (including phenoxy) is 3. The van der Waals surface area contributed by atoms with Crippen molar-refractivity contribution < 1.29 is 19.0 Å². The van der Waals surface area contributed by atoms with E-state index in [4.69, 9.17) is 14.2 Å². The van der Waals surface area contributed by atoms with Crippen LogP contribution in [0.2, 0.25) is 0 Å². The Labute approximate surface area is 126 Å². The summed E-state index contributed by atoms with van der Waals surface area (Å²) in [6, 6.07) is 5.90. The van der Waals surface area contributed by atoms with Gasteiger partial charge in [0, 0.05) is 12.2 Å². The lowest BCUT2D eigenvalue weighted by Gasteiger charge is -2.09. The zero-order chi connectivity index (χ0) is 15.7. The highest BCUT2D eigenvalue weighted by Crippen LogP contribution is 2.21. The van der Waals surface area contributed by atoms with Crippen LogP contribution in [-0.4, -0.2) is 26.3 Å². The summed E-state index contributed by atoms with van der Waals surface area (Å²) in [5.41, 5.74) is 2.01. The minimum Gasteiger partial charge on any atom is -0.496 e. The van der Waals surface area contributed by atoms with Gasteiger partial charge in [-0.2, -0.15) is 0 Å². The number of rotatable bonds is 8. The van der Waals surface area contributed by atoms with Gasteiger partial charge in [-0.05, 0) is 24.6 Å². The highest BCUT2D eigenvalue weighted by atomic mass is 16.5. The van der Waals surface area contributed by atoms with Crippen molar-refractivity contribution in [1.82, 2.24) is 0 Å². The molecule has 0 amide bonds. The molecule has 116 valence electrons. The molecule has 0 atom stereocenters. The van der Waals surface area contributed by atoms with Gasteiger partial charge in [-0.15, -0.1) is 0 Å². The van der Waals surface area contributed by atoms with Crippen LogP contribution in [0.1, 0.15) is 31.9 Å². The van der Waals surface area contributed by atoms with Crippen LogP contribution in [0.4, 0.5) is 0 Å². The average Bonchev–Trinajstić information content (AvgIpc) is 2.49. The van der Waals surface area contributed by atoms with Gasteiger partial charge in [-0.25, -0.2) is 0 Å². The number of carbonyl (C=O) groups excluding carboxylic acids is 1. The molecule has 0 fully saturated rings. The standard InChI is InChI=1S/C17H24O4/c1-5-20-12-15-9-8-14(11-16(15)19-4)7-6-10-21-17(18)13(2)3/h6-9,11,13H,5,10,12H2,1-4H3/b7-6-. The monoisotopic (exact) mass is 292 g/mol. The molecule has 0 aliphatic heterocycles. The lowest BCUT2D eigenvalue weighted by atomic mass is 10.1. The predicted octanol–water partition coefficient (Wildman–Crippen LogP) is 3.44. The fraction of sp³-hybridized carbons (Fsp3) is 0.471. The first-order valence-electron chi connectivity index (χ1n) is 7.16. The average molecular weight is 292 g/mol. The van der Waals surface area contributed by atoms with Gasteiger partial charge >= 0.3 is 5.97 Å². The largest absolute Gasteiger partial charge is 0.496 e. The molecule has 0 spiro atoms. The Morgan fingerprint density at radius 3 is 2.71 bits per heavy atom. The molecule has 4 heteroatoms. The van der Waals surface area contributed by atoms with Gasteiger partial charge in [0.2, 0.25) is 0 Å². The van der Waals surface area contributed by atoms with Crippen molar-refractivity contribution in [3.8, 4) is 5.75 Å². The van der Waals surface area contributed by atoms with E-state index in [9.17, 15) is 4.79 Å². The van der Waals surface area contributed by atoms with E-state index in [0.29, 0.717) is 13.2 Å². The molecule has 0 bridgehead atoms. The van der Waals surface area contributed by atoms with Crippen LogP contribution in [-0.2, 0) is 20.9 Å². The first kappa shape index (κ1) is 17.2. The second-order valence-electron chi connectivity index (χ2n) is 4.90. The van der Waals surface area contributed by atoms with Gasteiger partial charge in [0.05, 0.1) is 19.6 Å². The quantitative estimate of drug-likeness (QED) is 0.688. The fourth-order valence-corrected chi connectivity index (χ4v) is 1.68. The first-order chi connectivity index (χ1) is 10.1. The van der Waals surface area contributed by atoms with E-state index in [1.807, 2.05) is 51.1 Å². The van der Waals surface area contributed by atoms with Crippen molar-refractivity contribution in [2.75, 3.05) is 20.3 Å². The smallest absolute Gasteiger partial charge is 0.308 e. The maximum Gasteiger partial charge on any atom is 0.308 e. The SMILES string of the molecule is CCOCc1ccc(/C=C\COC(=O)C(C)C)cc1OC. The number of benzene rings is 1. The van der Waals surface area contributed by atoms with Crippen molar-refractivity contribution in [3.63, 3.8) is 0 Å². The molecular formula is C17H24O4. The fourth-order valence-electron chi connectivity index (χ4n) is 1.68.